The Kier molecular flexibility index (Phi) is 1.99. The highest BCUT2D eigenvalue weighted by atomic mass is 19.1. The van der Waals surface area contributed by atoms with E-state index in [9.17, 15) is 13.2 Å². The number of benzene rings is 2. The Morgan fingerprint density at radius 3 is 2.36 bits per heavy atom. The van der Waals surface area contributed by atoms with Gasteiger partial charge in [-0.3, -0.25) is 0 Å². The van der Waals surface area contributed by atoms with Crippen LogP contribution in [0.2, 0.25) is 0 Å². The first-order valence-corrected chi connectivity index (χ1v) is 4.13. The largest absolute Gasteiger partial charge is 0.207 e. The van der Waals surface area contributed by atoms with Gasteiger partial charge in [-0.05, 0) is 17.5 Å². The molecular formula is C10H6BF3. The Morgan fingerprint density at radius 2 is 1.64 bits per heavy atom. The van der Waals surface area contributed by atoms with Gasteiger partial charge in [-0.25, -0.2) is 13.2 Å². The fourth-order valence-corrected chi connectivity index (χ4v) is 1.50. The lowest BCUT2D eigenvalue weighted by Gasteiger charge is -2.04. The van der Waals surface area contributed by atoms with Gasteiger partial charge >= 0.3 is 0 Å². The number of rotatable bonds is 0. The first-order valence-electron chi connectivity index (χ1n) is 4.13. The van der Waals surface area contributed by atoms with Gasteiger partial charge in [0.15, 0.2) is 0 Å². The maximum atomic E-state index is 13.2. The molecule has 2 aromatic carbocycles. The molecule has 0 atom stereocenters. The molecule has 0 spiro atoms. The van der Waals surface area contributed by atoms with E-state index in [1.165, 1.54) is 12.1 Å². The molecule has 2 rings (SSSR count). The molecule has 0 fully saturated rings. The first-order chi connectivity index (χ1) is 6.59. The molecule has 2 aromatic rings. The zero-order valence-electron chi connectivity index (χ0n) is 7.44. The fraction of sp³-hybridized carbons (Fsp3) is 0. The van der Waals surface area contributed by atoms with Crippen molar-refractivity contribution in [2.24, 2.45) is 0 Å². The number of halogens is 3. The van der Waals surface area contributed by atoms with E-state index < -0.39 is 17.5 Å². The van der Waals surface area contributed by atoms with Crippen LogP contribution >= 0.6 is 0 Å². The van der Waals surface area contributed by atoms with Gasteiger partial charge < -0.3 is 0 Å². The van der Waals surface area contributed by atoms with E-state index in [0.29, 0.717) is 11.5 Å². The normalized spacial score (nSPS) is 10.8. The van der Waals surface area contributed by atoms with E-state index in [1.807, 2.05) is 0 Å². The molecule has 4 heteroatoms. The Bertz CT molecular complexity index is 508. The van der Waals surface area contributed by atoms with Gasteiger partial charge in [-0.15, -0.1) is 0 Å². The van der Waals surface area contributed by atoms with Gasteiger partial charge in [0.1, 0.15) is 25.3 Å². The monoisotopic (exact) mass is 194 g/mol. The van der Waals surface area contributed by atoms with Gasteiger partial charge in [0.05, 0.1) is 5.39 Å². The summed E-state index contributed by atoms with van der Waals surface area (Å²) in [4.78, 5) is 0. The molecule has 0 aliphatic heterocycles. The highest BCUT2D eigenvalue weighted by Crippen LogP contribution is 2.20. The zero-order valence-corrected chi connectivity index (χ0v) is 7.44. The molecule has 0 aliphatic carbocycles. The molecule has 0 radical (unpaired) electrons. The Labute approximate surface area is 79.8 Å². The van der Waals surface area contributed by atoms with E-state index in [1.54, 1.807) is 7.85 Å². The summed E-state index contributed by atoms with van der Waals surface area (Å²) >= 11 is 0. The minimum absolute atomic E-state index is 0.147. The maximum Gasteiger partial charge on any atom is 0.140 e. The summed E-state index contributed by atoms with van der Waals surface area (Å²) in [6, 6.07) is 4.50. The van der Waals surface area contributed by atoms with Gasteiger partial charge in [-0.2, -0.15) is 0 Å². The molecule has 70 valence electrons. The van der Waals surface area contributed by atoms with Crippen molar-refractivity contribution in [3.63, 3.8) is 0 Å². The van der Waals surface area contributed by atoms with Crippen LogP contribution < -0.4 is 5.46 Å². The van der Waals surface area contributed by atoms with Crippen LogP contribution in [0, 0.1) is 17.5 Å². The van der Waals surface area contributed by atoms with E-state index in [-0.39, 0.29) is 10.8 Å². The van der Waals surface area contributed by atoms with E-state index in [0.717, 1.165) is 6.07 Å². The highest BCUT2D eigenvalue weighted by molar-refractivity contribution is 6.38. The molecule has 0 N–H and O–H groups in total. The SMILES string of the molecule is Bc1ccc(F)c2c(F)cc(F)cc12. The van der Waals surface area contributed by atoms with Crippen molar-refractivity contribution < 1.29 is 13.2 Å². The minimum Gasteiger partial charge on any atom is -0.207 e. The predicted octanol–water partition coefficient (Wildman–Crippen LogP) is 1.52. The average molecular weight is 194 g/mol. The van der Waals surface area contributed by atoms with E-state index >= 15 is 0 Å². The fourth-order valence-electron chi connectivity index (χ4n) is 1.50. The highest BCUT2D eigenvalue weighted by Gasteiger charge is 2.09. The molecular weight excluding hydrogens is 188 g/mol. The molecule has 0 amide bonds. The summed E-state index contributed by atoms with van der Waals surface area (Å²) in [5.41, 5.74) is 0.653. The smallest absolute Gasteiger partial charge is 0.140 e. The third-order valence-electron chi connectivity index (χ3n) is 2.20. The van der Waals surface area contributed by atoms with Crippen LogP contribution in [-0.4, -0.2) is 7.85 Å². The molecule has 14 heavy (non-hydrogen) atoms. The topological polar surface area (TPSA) is 0 Å². The summed E-state index contributed by atoms with van der Waals surface area (Å²) < 4.78 is 39.3. The quantitative estimate of drug-likeness (QED) is 0.557. The van der Waals surface area contributed by atoms with Crippen molar-refractivity contribution in [2.75, 3.05) is 0 Å². The molecule has 0 aliphatic rings. The number of hydrogen-bond acceptors (Lipinski definition) is 0. The van der Waals surface area contributed by atoms with Crippen LogP contribution in [0.1, 0.15) is 0 Å². The molecule has 0 bridgehead atoms. The van der Waals surface area contributed by atoms with Gasteiger partial charge in [0, 0.05) is 6.07 Å². The third kappa shape index (κ3) is 1.27. The van der Waals surface area contributed by atoms with Crippen molar-refractivity contribution in [1.82, 2.24) is 0 Å². The lowest BCUT2D eigenvalue weighted by Crippen LogP contribution is -2.05. The van der Waals surface area contributed by atoms with Crippen molar-refractivity contribution in [3.8, 4) is 0 Å². The summed E-state index contributed by atoms with van der Waals surface area (Å²) in [5, 5.41) is 0.133. The van der Waals surface area contributed by atoms with Crippen LogP contribution in [-0.2, 0) is 0 Å². The number of hydrogen-bond donors (Lipinski definition) is 0. The Morgan fingerprint density at radius 1 is 0.929 bits per heavy atom. The molecule has 0 unspecified atom stereocenters. The standard InChI is InChI=1S/C10H6BF3/c11-7-1-2-8(13)10-6(7)3-5(12)4-9(10)14/h1-4H,11H2. The van der Waals surface area contributed by atoms with Crippen LogP contribution in [0.3, 0.4) is 0 Å². The summed E-state index contributed by atoms with van der Waals surface area (Å²) in [5.74, 6) is -2.21. The molecule has 0 heterocycles. The van der Waals surface area contributed by atoms with E-state index in [2.05, 4.69) is 0 Å². The van der Waals surface area contributed by atoms with Crippen LogP contribution in [0.5, 0.6) is 0 Å². The molecule has 0 aromatic heterocycles. The maximum absolute atomic E-state index is 13.2. The second kappa shape index (κ2) is 3.05. The molecule has 0 nitrogen and oxygen atoms in total. The van der Waals surface area contributed by atoms with Crippen LogP contribution in [0.25, 0.3) is 10.8 Å². The summed E-state index contributed by atoms with van der Waals surface area (Å²) in [7, 11) is 1.68. The van der Waals surface area contributed by atoms with Crippen LogP contribution in [0.15, 0.2) is 24.3 Å². The number of fused-ring (bicyclic) bond motifs is 1. The van der Waals surface area contributed by atoms with Crippen molar-refractivity contribution in [3.05, 3.63) is 41.7 Å². The van der Waals surface area contributed by atoms with Gasteiger partial charge in [-0.1, -0.05) is 11.5 Å². The third-order valence-corrected chi connectivity index (χ3v) is 2.20. The molecule has 0 saturated heterocycles. The van der Waals surface area contributed by atoms with Crippen molar-refractivity contribution >= 4 is 24.1 Å². The second-order valence-corrected chi connectivity index (χ2v) is 3.17. The lowest BCUT2D eigenvalue weighted by molar-refractivity contribution is 0.582. The summed E-state index contributed by atoms with van der Waals surface area (Å²) in [6.45, 7) is 0. The Balaban J connectivity index is 3.00. The van der Waals surface area contributed by atoms with E-state index in [4.69, 9.17) is 0 Å². The second-order valence-electron chi connectivity index (χ2n) is 3.17. The lowest BCUT2D eigenvalue weighted by atomic mass is 9.90. The van der Waals surface area contributed by atoms with Gasteiger partial charge in [0.25, 0.3) is 0 Å². The molecule has 0 saturated carbocycles. The zero-order chi connectivity index (χ0) is 10.3. The Hall–Kier alpha value is -1.45. The van der Waals surface area contributed by atoms with Crippen LogP contribution in [0.4, 0.5) is 13.2 Å². The van der Waals surface area contributed by atoms with Gasteiger partial charge in [0.2, 0.25) is 0 Å². The predicted molar refractivity (Wildman–Crippen MR) is 52.0 cm³/mol. The summed E-state index contributed by atoms with van der Waals surface area (Å²) in [6.07, 6.45) is 0. The van der Waals surface area contributed by atoms with Crippen molar-refractivity contribution in [1.29, 1.82) is 0 Å². The first kappa shape index (κ1) is 9.12. The van der Waals surface area contributed by atoms with Crippen molar-refractivity contribution in [2.45, 2.75) is 0 Å². The average Bonchev–Trinajstić information content (AvgIpc) is 2.10. The minimum atomic E-state index is -0.860.